The average Bonchev–Trinajstić information content (AvgIpc) is 3.11. The lowest BCUT2D eigenvalue weighted by Gasteiger charge is -2.02. The van der Waals surface area contributed by atoms with Gasteiger partial charge in [0.05, 0.1) is 30.9 Å². The van der Waals surface area contributed by atoms with Gasteiger partial charge in [-0.05, 0) is 23.8 Å². The fraction of sp³-hybridized carbons (Fsp3) is 0.167. The highest BCUT2D eigenvalue weighted by Crippen LogP contribution is 2.16. The molecule has 0 fully saturated rings. The summed E-state index contributed by atoms with van der Waals surface area (Å²) in [6.45, 7) is -0.470. The first kappa shape index (κ1) is 19.8. The number of nitriles is 1. The lowest BCUT2D eigenvalue weighted by molar-refractivity contribution is -0.142. The zero-order chi connectivity index (χ0) is 19.6. The molecule has 2 aromatic rings. The van der Waals surface area contributed by atoms with Gasteiger partial charge in [-0.3, -0.25) is 14.9 Å². The molecule has 1 N–H and O–H groups in total. The van der Waals surface area contributed by atoms with Gasteiger partial charge < -0.3 is 9.47 Å². The normalized spacial score (nSPS) is 10.2. The van der Waals surface area contributed by atoms with Crippen molar-refractivity contribution in [2.75, 3.05) is 19.0 Å². The van der Waals surface area contributed by atoms with Crippen LogP contribution in [0.1, 0.15) is 16.8 Å². The molecular formula is C18H15N3O5S. The monoisotopic (exact) mass is 385 g/mol. The molecule has 1 amide bonds. The number of methoxy groups -OCH3 is 1. The van der Waals surface area contributed by atoms with Gasteiger partial charge in [0.25, 0.3) is 5.91 Å². The largest absolute Gasteiger partial charge is 0.469 e. The van der Waals surface area contributed by atoms with Crippen LogP contribution in [0.2, 0.25) is 0 Å². The molecule has 0 spiro atoms. The Hall–Kier alpha value is -3.51. The number of thiazole rings is 1. The number of hydrogen-bond acceptors (Lipinski definition) is 8. The second kappa shape index (κ2) is 9.84. The van der Waals surface area contributed by atoms with Gasteiger partial charge in [-0.2, -0.15) is 5.26 Å². The van der Waals surface area contributed by atoms with Gasteiger partial charge in [-0.25, -0.2) is 9.78 Å². The maximum atomic E-state index is 11.8. The van der Waals surface area contributed by atoms with E-state index in [1.54, 1.807) is 29.6 Å². The minimum Gasteiger partial charge on any atom is -0.469 e. The topological polar surface area (TPSA) is 118 Å². The quantitative estimate of drug-likeness (QED) is 0.571. The molecular weight excluding hydrogens is 370 g/mol. The SMILES string of the molecule is COC(=O)Cc1csc(NC(=O)COC(=O)/C=C/c2ccc(C#N)cc2)n1. The summed E-state index contributed by atoms with van der Waals surface area (Å²) in [6.07, 6.45) is 2.71. The summed E-state index contributed by atoms with van der Waals surface area (Å²) in [5.74, 6) is -1.66. The second-order valence-electron chi connectivity index (χ2n) is 5.12. The number of benzene rings is 1. The molecule has 1 heterocycles. The highest BCUT2D eigenvalue weighted by Gasteiger charge is 2.11. The van der Waals surface area contributed by atoms with Gasteiger partial charge in [0.1, 0.15) is 0 Å². The minimum absolute atomic E-state index is 0.0119. The van der Waals surface area contributed by atoms with Crippen molar-refractivity contribution < 1.29 is 23.9 Å². The maximum absolute atomic E-state index is 11.8. The second-order valence-corrected chi connectivity index (χ2v) is 5.98. The Morgan fingerprint density at radius 1 is 1.30 bits per heavy atom. The molecule has 1 aromatic heterocycles. The van der Waals surface area contributed by atoms with Crippen LogP contribution in [0, 0.1) is 11.3 Å². The van der Waals surface area contributed by atoms with E-state index in [2.05, 4.69) is 15.0 Å². The van der Waals surface area contributed by atoms with Crippen LogP contribution in [0.4, 0.5) is 5.13 Å². The van der Waals surface area contributed by atoms with Crippen molar-refractivity contribution in [2.24, 2.45) is 0 Å². The minimum atomic E-state index is -0.681. The number of hydrogen-bond donors (Lipinski definition) is 1. The highest BCUT2D eigenvalue weighted by atomic mass is 32.1. The van der Waals surface area contributed by atoms with E-state index in [9.17, 15) is 14.4 Å². The molecule has 8 nitrogen and oxygen atoms in total. The first-order chi connectivity index (χ1) is 13.0. The van der Waals surface area contributed by atoms with E-state index in [0.29, 0.717) is 16.4 Å². The van der Waals surface area contributed by atoms with Crippen LogP contribution in [0.3, 0.4) is 0 Å². The maximum Gasteiger partial charge on any atom is 0.331 e. The van der Waals surface area contributed by atoms with Crippen molar-refractivity contribution >= 4 is 40.4 Å². The van der Waals surface area contributed by atoms with Gasteiger partial charge in [-0.1, -0.05) is 12.1 Å². The highest BCUT2D eigenvalue weighted by molar-refractivity contribution is 7.13. The summed E-state index contributed by atoms with van der Waals surface area (Å²) in [4.78, 5) is 38.7. The molecule has 0 aliphatic rings. The molecule has 27 heavy (non-hydrogen) atoms. The molecule has 1 aromatic carbocycles. The van der Waals surface area contributed by atoms with Crippen molar-refractivity contribution in [2.45, 2.75) is 6.42 Å². The number of rotatable bonds is 7. The summed E-state index contributed by atoms with van der Waals surface area (Å²) in [7, 11) is 1.28. The predicted molar refractivity (Wildman–Crippen MR) is 97.6 cm³/mol. The average molecular weight is 385 g/mol. The van der Waals surface area contributed by atoms with Crippen molar-refractivity contribution in [3.05, 3.63) is 52.5 Å². The molecule has 2 rings (SSSR count). The number of nitrogens with one attached hydrogen (secondary N) is 1. The summed E-state index contributed by atoms with van der Waals surface area (Å²) in [6, 6.07) is 8.62. The molecule has 0 bridgehead atoms. The van der Waals surface area contributed by atoms with E-state index in [4.69, 9.17) is 10.00 Å². The third-order valence-corrected chi connectivity index (χ3v) is 3.95. The number of amides is 1. The third kappa shape index (κ3) is 6.72. The lowest BCUT2D eigenvalue weighted by atomic mass is 10.1. The molecule has 9 heteroatoms. The lowest BCUT2D eigenvalue weighted by Crippen LogP contribution is -2.20. The summed E-state index contributed by atoms with van der Waals surface area (Å²) in [5, 5.41) is 13.1. The van der Waals surface area contributed by atoms with Crippen LogP contribution in [0.15, 0.2) is 35.7 Å². The number of nitrogens with zero attached hydrogens (tertiary/aromatic N) is 2. The van der Waals surface area contributed by atoms with Gasteiger partial charge in [-0.15, -0.1) is 11.3 Å². The summed E-state index contributed by atoms with van der Waals surface area (Å²) >= 11 is 1.15. The van der Waals surface area contributed by atoms with E-state index in [1.165, 1.54) is 19.3 Å². The summed E-state index contributed by atoms with van der Waals surface area (Å²) < 4.78 is 9.38. The van der Waals surface area contributed by atoms with E-state index < -0.39 is 24.5 Å². The fourth-order valence-electron chi connectivity index (χ4n) is 1.84. The van der Waals surface area contributed by atoms with Crippen LogP contribution in [-0.2, 0) is 30.3 Å². The Kier molecular flexibility index (Phi) is 7.22. The van der Waals surface area contributed by atoms with Crippen LogP contribution in [0.5, 0.6) is 0 Å². The molecule has 0 unspecified atom stereocenters. The molecule has 0 aliphatic heterocycles. The molecule has 138 valence electrons. The van der Waals surface area contributed by atoms with Crippen molar-refractivity contribution in [1.82, 2.24) is 4.98 Å². The number of carbonyl (C=O) groups excluding carboxylic acids is 3. The molecule has 0 radical (unpaired) electrons. The van der Waals surface area contributed by atoms with E-state index in [1.807, 2.05) is 6.07 Å². The zero-order valence-electron chi connectivity index (χ0n) is 14.3. The van der Waals surface area contributed by atoms with Gasteiger partial charge in [0.15, 0.2) is 11.7 Å². The number of anilines is 1. The Bertz CT molecular complexity index is 896. The third-order valence-electron chi connectivity index (χ3n) is 3.15. The van der Waals surface area contributed by atoms with Gasteiger partial charge in [0.2, 0.25) is 0 Å². The van der Waals surface area contributed by atoms with Gasteiger partial charge >= 0.3 is 11.9 Å². The number of esters is 2. The zero-order valence-corrected chi connectivity index (χ0v) is 15.1. The van der Waals surface area contributed by atoms with Crippen LogP contribution < -0.4 is 5.32 Å². The van der Waals surface area contributed by atoms with Crippen LogP contribution >= 0.6 is 11.3 Å². The molecule has 0 saturated heterocycles. The fourth-order valence-corrected chi connectivity index (χ4v) is 2.57. The van der Waals surface area contributed by atoms with Crippen molar-refractivity contribution in [3.8, 4) is 6.07 Å². The van der Waals surface area contributed by atoms with E-state index in [0.717, 1.165) is 16.9 Å². The Morgan fingerprint density at radius 2 is 2.04 bits per heavy atom. The first-order valence-electron chi connectivity index (χ1n) is 7.66. The Labute approximate surface area is 159 Å². The van der Waals surface area contributed by atoms with Gasteiger partial charge in [0, 0.05) is 11.5 Å². The molecule has 0 atom stereocenters. The van der Waals surface area contributed by atoms with Crippen molar-refractivity contribution in [1.29, 1.82) is 5.26 Å². The van der Waals surface area contributed by atoms with Crippen LogP contribution in [-0.4, -0.2) is 36.5 Å². The summed E-state index contributed by atoms with van der Waals surface area (Å²) in [5.41, 5.74) is 1.71. The van der Waals surface area contributed by atoms with E-state index in [-0.39, 0.29) is 6.42 Å². The first-order valence-corrected chi connectivity index (χ1v) is 8.54. The Morgan fingerprint density at radius 3 is 2.70 bits per heavy atom. The molecule has 0 aliphatic carbocycles. The smallest absolute Gasteiger partial charge is 0.331 e. The van der Waals surface area contributed by atoms with Crippen LogP contribution in [0.25, 0.3) is 6.08 Å². The van der Waals surface area contributed by atoms with Crippen molar-refractivity contribution in [3.63, 3.8) is 0 Å². The number of carbonyl (C=O) groups is 3. The molecule has 0 saturated carbocycles. The number of aromatic nitrogens is 1. The van der Waals surface area contributed by atoms with E-state index >= 15 is 0 Å². The Balaban J connectivity index is 1.77. The standard InChI is InChI=1S/C18H15N3O5S/c1-25-17(24)8-14-11-27-18(20-14)21-15(22)10-26-16(23)7-6-12-2-4-13(9-19)5-3-12/h2-7,11H,8,10H2,1H3,(H,20,21,22)/b7-6+. The predicted octanol–water partition coefficient (Wildman–Crippen LogP) is 1.93. The number of ether oxygens (including phenoxy) is 2.